The summed E-state index contributed by atoms with van der Waals surface area (Å²) in [7, 11) is 1.66. The first-order valence-electron chi connectivity index (χ1n) is 7.31. The highest BCUT2D eigenvalue weighted by Gasteiger charge is 2.08. The van der Waals surface area contributed by atoms with Gasteiger partial charge in [0, 0.05) is 24.2 Å². The summed E-state index contributed by atoms with van der Waals surface area (Å²) in [6.07, 6.45) is 0.462. The molecule has 0 saturated carbocycles. The minimum absolute atomic E-state index is 0.298. The lowest BCUT2D eigenvalue weighted by Gasteiger charge is -2.11. The van der Waals surface area contributed by atoms with Gasteiger partial charge >= 0.3 is 0 Å². The molecule has 2 N–H and O–H groups in total. The number of hydrogen-bond acceptors (Lipinski definition) is 3. The number of benzene rings is 1. The molecule has 0 aliphatic heterocycles. The third-order valence-electron chi connectivity index (χ3n) is 3.43. The van der Waals surface area contributed by atoms with Gasteiger partial charge in [0.1, 0.15) is 11.6 Å². The molecule has 2 aromatic rings. The molecule has 5 nitrogen and oxygen atoms in total. The Bertz CT molecular complexity index is 660. The number of hydrogen-bond donors (Lipinski definition) is 2. The van der Waals surface area contributed by atoms with Crippen molar-refractivity contribution in [2.75, 3.05) is 13.6 Å². The van der Waals surface area contributed by atoms with Gasteiger partial charge in [-0.15, -0.1) is 0 Å². The fraction of sp³-hybridized carbons (Fsp3) is 0.375. The van der Waals surface area contributed by atoms with Gasteiger partial charge in [0.25, 0.3) is 0 Å². The third-order valence-corrected chi connectivity index (χ3v) is 3.79. The summed E-state index contributed by atoms with van der Waals surface area (Å²) in [4.78, 5) is 8.40. The number of aromatic nitrogens is 1. The molecule has 0 spiro atoms. The van der Waals surface area contributed by atoms with E-state index in [0.29, 0.717) is 41.9 Å². The smallest absolute Gasteiger partial charge is 0.214 e. The van der Waals surface area contributed by atoms with Crippen LogP contribution in [0.5, 0.6) is 0 Å². The number of aliphatic imine (C=N–C) groups is 1. The van der Waals surface area contributed by atoms with Crippen LogP contribution in [0.25, 0.3) is 0 Å². The lowest BCUT2D eigenvalue weighted by atomic mass is 10.1. The fourth-order valence-electron chi connectivity index (χ4n) is 2.07. The number of guanidine groups is 1. The standard InChI is InChI=1S/C16H20ClFN4O/c1-10-11(2)23-15(22-10)9-21-16(19-3)20-8-7-12-13(17)5-4-6-14(12)18/h4-6H,7-9H2,1-3H3,(H2,19,20,21). The van der Waals surface area contributed by atoms with Crippen LogP contribution in [0.2, 0.25) is 5.02 Å². The predicted molar refractivity (Wildman–Crippen MR) is 89.3 cm³/mol. The molecule has 1 aromatic heterocycles. The normalized spacial score (nSPS) is 11.6. The highest BCUT2D eigenvalue weighted by atomic mass is 35.5. The van der Waals surface area contributed by atoms with E-state index in [0.717, 1.165) is 11.5 Å². The lowest BCUT2D eigenvalue weighted by molar-refractivity contribution is 0.463. The van der Waals surface area contributed by atoms with Crippen LogP contribution < -0.4 is 10.6 Å². The zero-order valence-corrected chi connectivity index (χ0v) is 14.2. The van der Waals surface area contributed by atoms with Gasteiger partial charge in [0.2, 0.25) is 5.89 Å². The van der Waals surface area contributed by atoms with Crippen molar-refractivity contribution < 1.29 is 8.81 Å². The second kappa shape index (κ2) is 7.97. The van der Waals surface area contributed by atoms with Crippen molar-refractivity contribution in [3.05, 3.63) is 51.9 Å². The van der Waals surface area contributed by atoms with Crippen LogP contribution >= 0.6 is 11.6 Å². The predicted octanol–water partition coefficient (Wildman–Crippen LogP) is 2.99. The molecular weight excluding hydrogens is 319 g/mol. The average Bonchev–Trinajstić information content (AvgIpc) is 2.84. The maximum atomic E-state index is 13.7. The molecule has 0 unspecified atom stereocenters. The van der Waals surface area contributed by atoms with Crippen LogP contribution in [-0.2, 0) is 13.0 Å². The first-order chi connectivity index (χ1) is 11.0. The highest BCUT2D eigenvalue weighted by molar-refractivity contribution is 6.31. The quantitative estimate of drug-likeness (QED) is 0.650. The Labute approximate surface area is 140 Å². The van der Waals surface area contributed by atoms with E-state index in [1.165, 1.54) is 6.07 Å². The monoisotopic (exact) mass is 338 g/mol. The Balaban J connectivity index is 1.83. The number of nitrogens with zero attached hydrogens (tertiary/aromatic N) is 2. The minimum Gasteiger partial charge on any atom is -0.444 e. The van der Waals surface area contributed by atoms with Gasteiger partial charge in [-0.2, -0.15) is 0 Å². The van der Waals surface area contributed by atoms with E-state index in [1.54, 1.807) is 19.2 Å². The third kappa shape index (κ3) is 4.69. The number of rotatable bonds is 5. The molecule has 1 aromatic carbocycles. The number of halogens is 2. The molecule has 7 heteroatoms. The maximum Gasteiger partial charge on any atom is 0.214 e. The first-order valence-corrected chi connectivity index (χ1v) is 7.69. The van der Waals surface area contributed by atoms with Crippen molar-refractivity contribution in [2.45, 2.75) is 26.8 Å². The van der Waals surface area contributed by atoms with Crippen LogP contribution in [0, 0.1) is 19.7 Å². The van der Waals surface area contributed by atoms with Gasteiger partial charge in [-0.25, -0.2) is 9.37 Å². The first kappa shape index (κ1) is 17.3. The average molecular weight is 339 g/mol. The summed E-state index contributed by atoms with van der Waals surface area (Å²) >= 11 is 6.00. The summed E-state index contributed by atoms with van der Waals surface area (Å²) in [6.45, 7) is 4.70. The van der Waals surface area contributed by atoms with E-state index in [4.69, 9.17) is 16.0 Å². The summed E-state index contributed by atoms with van der Waals surface area (Å²) in [5.41, 5.74) is 1.37. The van der Waals surface area contributed by atoms with Crippen molar-refractivity contribution in [1.82, 2.24) is 15.6 Å². The van der Waals surface area contributed by atoms with Crippen molar-refractivity contribution in [3.8, 4) is 0 Å². The second-order valence-corrected chi connectivity index (χ2v) is 5.46. The van der Waals surface area contributed by atoms with Crippen LogP contribution in [0.1, 0.15) is 22.9 Å². The molecule has 0 saturated heterocycles. The Morgan fingerprint density at radius 2 is 2.13 bits per heavy atom. The van der Waals surface area contributed by atoms with Crippen LogP contribution in [-0.4, -0.2) is 24.5 Å². The molecule has 0 radical (unpaired) electrons. The van der Waals surface area contributed by atoms with E-state index < -0.39 is 0 Å². The zero-order chi connectivity index (χ0) is 16.8. The fourth-order valence-corrected chi connectivity index (χ4v) is 2.33. The molecular formula is C16H20ClFN4O. The van der Waals surface area contributed by atoms with Gasteiger partial charge in [-0.3, -0.25) is 4.99 Å². The maximum absolute atomic E-state index is 13.7. The van der Waals surface area contributed by atoms with Crippen molar-refractivity contribution in [3.63, 3.8) is 0 Å². The van der Waals surface area contributed by atoms with E-state index in [-0.39, 0.29) is 5.82 Å². The van der Waals surface area contributed by atoms with Crippen molar-refractivity contribution in [1.29, 1.82) is 0 Å². The molecule has 0 atom stereocenters. The Morgan fingerprint density at radius 1 is 1.35 bits per heavy atom. The van der Waals surface area contributed by atoms with Crippen LogP contribution in [0.4, 0.5) is 4.39 Å². The van der Waals surface area contributed by atoms with Gasteiger partial charge in [0.15, 0.2) is 5.96 Å². The summed E-state index contributed by atoms with van der Waals surface area (Å²) in [5.74, 6) is 1.69. The zero-order valence-electron chi connectivity index (χ0n) is 13.4. The number of aryl methyl sites for hydroxylation is 2. The van der Waals surface area contributed by atoms with Crippen LogP contribution in [0.15, 0.2) is 27.6 Å². The van der Waals surface area contributed by atoms with Gasteiger partial charge in [-0.05, 0) is 32.4 Å². The minimum atomic E-state index is -0.298. The molecule has 0 aliphatic rings. The van der Waals surface area contributed by atoms with E-state index in [2.05, 4.69) is 20.6 Å². The molecule has 0 bridgehead atoms. The summed E-state index contributed by atoms with van der Waals surface area (Å²) < 4.78 is 19.2. The Hall–Kier alpha value is -2.08. The van der Waals surface area contributed by atoms with Crippen molar-refractivity contribution in [2.24, 2.45) is 4.99 Å². The van der Waals surface area contributed by atoms with E-state index in [9.17, 15) is 4.39 Å². The van der Waals surface area contributed by atoms with Gasteiger partial charge in [0.05, 0.1) is 12.2 Å². The Morgan fingerprint density at radius 3 is 2.74 bits per heavy atom. The topological polar surface area (TPSA) is 62.5 Å². The molecule has 2 rings (SSSR count). The molecule has 23 heavy (non-hydrogen) atoms. The van der Waals surface area contributed by atoms with E-state index in [1.807, 2.05) is 13.8 Å². The molecule has 124 valence electrons. The van der Waals surface area contributed by atoms with E-state index >= 15 is 0 Å². The lowest BCUT2D eigenvalue weighted by Crippen LogP contribution is -2.38. The van der Waals surface area contributed by atoms with Crippen LogP contribution in [0.3, 0.4) is 0 Å². The number of nitrogens with one attached hydrogen (secondary N) is 2. The van der Waals surface area contributed by atoms with Gasteiger partial charge < -0.3 is 15.1 Å². The SMILES string of the molecule is CN=C(NCCc1c(F)cccc1Cl)NCc1nc(C)c(C)o1. The highest BCUT2D eigenvalue weighted by Crippen LogP contribution is 2.18. The molecule has 0 amide bonds. The van der Waals surface area contributed by atoms with Crippen molar-refractivity contribution >= 4 is 17.6 Å². The second-order valence-electron chi connectivity index (χ2n) is 5.05. The van der Waals surface area contributed by atoms with Gasteiger partial charge in [-0.1, -0.05) is 17.7 Å². The summed E-state index contributed by atoms with van der Waals surface area (Å²) in [5, 5.41) is 6.64. The molecule has 0 fully saturated rings. The Kier molecular flexibility index (Phi) is 5.98. The number of oxazole rings is 1. The largest absolute Gasteiger partial charge is 0.444 e. The summed E-state index contributed by atoms with van der Waals surface area (Å²) in [6, 6.07) is 4.68. The molecule has 1 heterocycles. The molecule has 0 aliphatic carbocycles.